The van der Waals surface area contributed by atoms with E-state index in [-0.39, 0.29) is 11.9 Å². The molecule has 0 saturated heterocycles. The van der Waals surface area contributed by atoms with E-state index in [4.69, 9.17) is 5.73 Å². The number of rotatable bonds is 2. The molecule has 2 rings (SSSR count). The second kappa shape index (κ2) is 4.05. The monoisotopic (exact) mass is 239 g/mol. The Morgan fingerprint density at radius 1 is 1.69 bits per heavy atom. The van der Waals surface area contributed by atoms with Crippen molar-refractivity contribution in [2.45, 2.75) is 39.2 Å². The summed E-state index contributed by atoms with van der Waals surface area (Å²) in [6.45, 7) is 4.47. The number of nitrogens with one attached hydrogen (secondary N) is 1. The number of anilines is 1. The van der Waals surface area contributed by atoms with Gasteiger partial charge in [0.2, 0.25) is 0 Å². The van der Waals surface area contributed by atoms with Crippen molar-refractivity contribution < 1.29 is 4.79 Å². The first-order valence-electron chi connectivity index (χ1n) is 5.48. The van der Waals surface area contributed by atoms with Gasteiger partial charge in [-0.15, -0.1) is 11.3 Å². The van der Waals surface area contributed by atoms with Crippen LogP contribution >= 0.6 is 11.3 Å². The van der Waals surface area contributed by atoms with Crippen molar-refractivity contribution in [3.05, 3.63) is 11.1 Å². The molecule has 3 N–H and O–H groups in total. The molecule has 88 valence electrons. The van der Waals surface area contributed by atoms with Crippen molar-refractivity contribution in [3.8, 4) is 0 Å². The van der Waals surface area contributed by atoms with Crippen LogP contribution in [0.1, 0.15) is 43.6 Å². The molecule has 1 aliphatic rings. The second-order valence-electron chi connectivity index (χ2n) is 5.15. The maximum Gasteiger partial charge on any atom is 0.271 e. The second-order valence-corrected chi connectivity index (χ2v) is 6.04. The van der Waals surface area contributed by atoms with Crippen molar-refractivity contribution in [3.63, 3.8) is 0 Å². The third kappa shape index (κ3) is 2.52. The van der Waals surface area contributed by atoms with Crippen LogP contribution in [0.3, 0.4) is 0 Å². The molecule has 1 aromatic heterocycles. The van der Waals surface area contributed by atoms with Crippen LogP contribution in [0.2, 0.25) is 0 Å². The Morgan fingerprint density at radius 2 is 2.44 bits per heavy atom. The van der Waals surface area contributed by atoms with E-state index in [1.54, 1.807) is 5.38 Å². The minimum absolute atomic E-state index is 0.101. The summed E-state index contributed by atoms with van der Waals surface area (Å²) in [6, 6.07) is 0.283. The lowest BCUT2D eigenvalue weighted by atomic mass is 9.92. The predicted octanol–water partition coefficient (Wildman–Crippen LogP) is 2.03. The zero-order valence-electron chi connectivity index (χ0n) is 9.62. The normalized spacial score (nSPS) is 23.2. The molecule has 5 heteroatoms. The molecule has 4 nitrogen and oxygen atoms in total. The highest BCUT2D eigenvalue weighted by molar-refractivity contribution is 7.13. The Balaban J connectivity index is 1.94. The van der Waals surface area contributed by atoms with Gasteiger partial charge in [0.15, 0.2) is 5.13 Å². The molecule has 1 aliphatic carbocycles. The van der Waals surface area contributed by atoms with Gasteiger partial charge >= 0.3 is 0 Å². The van der Waals surface area contributed by atoms with Crippen LogP contribution in [0.15, 0.2) is 5.38 Å². The zero-order chi connectivity index (χ0) is 11.8. The first kappa shape index (κ1) is 11.4. The number of aromatic nitrogens is 1. The van der Waals surface area contributed by atoms with E-state index in [2.05, 4.69) is 24.1 Å². The quantitative estimate of drug-likeness (QED) is 0.829. The van der Waals surface area contributed by atoms with Crippen molar-refractivity contribution in [1.29, 1.82) is 0 Å². The first-order chi connectivity index (χ1) is 7.46. The van der Waals surface area contributed by atoms with Crippen LogP contribution in [0.4, 0.5) is 5.13 Å². The van der Waals surface area contributed by atoms with Crippen LogP contribution in [-0.4, -0.2) is 16.9 Å². The number of nitrogen functional groups attached to an aromatic ring is 1. The SMILES string of the molecule is CC1(C)CCC(NC(=O)c2csc(N)n2)C1. The van der Waals surface area contributed by atoms with E-state index in [1.165, 1.54) is 11.3 Å². The van der Waals surface area contributed by atoms with E-state index in [0.717, 1.165) is 19.3 Å². The first-order valence-corrected chi connectivity index (χ1v) is 6.36. The Morgan fingerprint density at radius 3 is 2.94 bits per heavy atom. The van der Waals surface area contributed by atoms with E-state index in [9.17, 15) is 4.79 Å². The Bertz CT molecular complexity index is 400. The highest BCUT2D eigenvalue weighted by Crippen LogP contribution is 2.36. The molecular formula is C11H17N3OS. The van der Waals surface area contributed by atoms with Crippen LogP contribution in [0, 0.1) is 5.41 Å². The average Bonchev–Trinajstić information content (AvgIpc) is 2.73. The van der Waals surface area contributed by atoms with Gasteiger partial charge in [0.25, 0.3) is 5.91 Å². The molecule has 0 radical (unpaired) electrons. The summed E-state index contributed by atoms with van der Waals surface area (Å²) in [5, 5.41) is 5.15. The maximum atomic E-state index is 11.8. The van der Waals surface area contributed by atoms with Crippen LogP contribution in [-0.2, 0) is 0 Å². The lowest BCUT2D eigenvalue weighted by Crippen LogP contribution is -2.33. The molecular weight excluding hydrogens is 222 g/mol. The van der Waals surface area contributed by atoms with Gasteiger partial charge in [-0.3, -0.25) is 4.79 Å². The number of carbonyl (C=O) groups excluding carboxylic acids is 1. The standard InChI is InChI=1S/C11H17N3OS/c1-11(2)4-3-7(5-11)13-9(15)8-6-16-10(12)14-8/h6-7H,3-5H2,1-2H3,(H2,12,14)(H,13,15). The molecule has 1 atom stereocenters. The van der Waals surface area contributed by atoms with Gasteiger partial charge in [0.05, 0.1) is 0 Å². The molecule has 1 fully saturated rings. The van der Waals surface area contributed by atoms with Gasteiger partial charge < -0.3 is 11.1 Å². The topological polar surface area (TPSA) is 68.0 Å². The van der Waals surface area contributed by atoms with Crippen molar-refractivity contribution >= 4 is 22.4 Å². The fourth-order valence-electron chi connectivity index (χ4n) is 2.21. The predicted molar refractivity (Wildman–Crippen MR) is 65.4 cm³/mol. The molecule has 16 heavy (non-hydrogen) atoms. The van der Waals surface area contributed by atoms with Gasteiger partial charge in [0.1, 0.15) is 5.69 Å². The number of hydrogen-bond donors (Lipinski definition) is 2. The molecule has 0 bridgehead atoms. The van der Waals surface area contributed by atoms with Crippen LogP contribution < -0.4 is 11.1 Å². The summed E-state index contributed by atoms with van der Waals surface area (Å²) >= 11 is 1.30. The number of thiazole rings is 1. The lowest BCUT2D eigenvalue weighted by molar-refractivity contribution is 0.0932. The summed E-state index contributed by atoms with van der Waals surface area (Å²) in [5.41, 5.74) is 6.28. The van der Waals surface area contributed by atoms with E-state index >= 15 is 0 Å². The van der Waals surface area contributed by atoms with Crippen molar-refractivity contribution in [1.82, 2.24) is 10.3 Å². The minimum atomic E-state index is -0.101. The summed E-state index contributed by atoms with van der Waals surface area (Å²) in [5.74, 6) is -0.101. The summed E-state index contributed by atoms with van der Waals surface area (Å²) in [6.07, 6.45) is 3.26. The van der Waals surface area contributed by atoms with Crippen LogP contribution in [0.5, 0.6) is 0 Å². The van der Waals surface area contributed by atoms with E-state index in [0.29, 0.717) is 16.2 Å². The van der Waals surface area contributed by atoms with Gasteiger partial charge in [-0.25, -0.2) is 4.98 Å². The Labute approximate surface area is 99.3 Å². The largest absolute Gasteiger partial charge is 0.375 e. The molecule has 1 amide bonds. The fourth-order valence-corrected chi connectivity index (χ4v) is 2.75. The summed E-state index contributed by atoms with van der Waals surface area (Å²) in [7, 11) is 0. The minimum Gasteiger partial charge on any atom is -0.375 e. The molecule has 0 spiro atoms. The summed E-state index contributed by atoms with van der Waals surface area (Å²) < 4.78 is 0. The van der Waals surface area contributed by atoms with Crippen molar-refractivity contribution in [2.75, 3.05) is 5.73 Å². The molecule has 1 saturated carbocycles. The van der Waals surface area contributed by atoms with Gasteiger partial charge in [-0.2, -0.15) is 0 Å². The Hall–Kier alpha value is -1.10. The van der Waals surface area contributed by atoms with Crippen LogP contribution in [0.25, 0.3) is 0 Å². The van der Waals surface area contributed by atoms with Gasteiger partial charge in [-0.05, 0) is 24.7 Å². The molecule has 0 aromatic carbocycles. The average molecular weight is 239 g/mol. The number of carbonyl (C=O) groups is 1. The van der Waals surface area contributed by atoms with Gasteiger partial charge in [0, 0.05) is 11.4 Å². The van der Waals surface area contributed by atoms with E-state index in [1.807, 2.05) is 0 Å². The number of amides is 1. The van der Waals surface area contributed by atoms with Gasteiger partial charge in [-0.1, -0.05) is 13.8 Å². The molecule has 1 aromatic rings. The fraction of sp³-hybridized carbons (Fsp3) is 0.636. The smallest absolute Gasteiger partial charge is 0.271 e. The zero-order valence-corrected chi connectivity index (χ0v) is 10.4. The highest BCUT2D eigenvalue weighted by atomic mass is 32.1. The summed E-state index contributed by atoms with van der Waals surface area (Å²) in [4.78, 5) is 15.8. The molecule has 1 heterocycles. The lowest BCUT2D eigenvalue weighted by Gasteiger charge is -2.17. The third-order valence-electron chi connectivity index (χ3n) is 3.06. The molecule has 0 aliphatic heterocycles. The van der Waals surface area contributed by atoms with Crippen molar-refractivity contribution in [2.24, 2.45) is 5.41 Å². The molecule has 1 unspecified atom stereocenters. The maximum absolute atomic E-state index is 11.8. The Kier molecular flexibility index (Phi) is 2.88. The number of nitrogens with zero attached hydrogens (tertiary/aromatic N) is 1. The van der Waals surface area contributed by atoms with E-state index < -0.39 is 0 Å². The highest BCUT2D eigenvalue weighted by Gasteiger charge is 2.32. The third-order valence-corrected chi connectivity index (χ3v) is 3.73. The number of nitrogens with two attached hydrogens (primary N) is 1. The number of hydrogen-bond acceptors (Lipinski definition) is 4.